The lowest BCUT2D eigenvalue weighted by molar-refractivity contribution is -0.144. The molecule has 1 aromatic heterocycles. The minimum absolute atomic E-state index is 0.213. The van der Waals surface area contributed by atoms with Crippen molar-refractivity contribution in [1.82, 2.24) is 4.57 Å². The Kier molecular flexibility index (Phi) is 4.51. The second-order valence-corrected chi connectivity index (χ2v) is 4.74. The van der Waals surface area contributed by atoms with Crippen LogP contribution in [0.4, 0.5) is 13.2 Å². The molecule has 0 bridgehead atoms. The minimum Gasteiger partial charge on any atom is -0.486 e. The first-order chi connectivity index (χ1) is 7.77. The summed E-state index contributed by atoms with van der Waals surface area (Å²) >= 11 is 10.9. The van der Waals surface area contributed by atoms with E-state index >= 15 is 0 Å². The van der Waals surface area contributed by atoms with Gasteiger partial charge < -0.3 is 4.74 Å². The summed E-state index contributed by atoms with van der Waals surface area (Å²) in [6, 6.07) is 0. The van der Waals surface area contributed by atoms with Crippen molar-refractivity contribution < 1.29 is 17.9 Å². The molecule has 0 N–H and O–H groups in total. The molecule has 0 saturated heterocycles. The molecule has 0 aliphatic heterocycles. The summed E-state index contributed by atoms with van der Waals surface area (Å²) in [5.41, 5.74) is -1.14. The lowest BCUT2D eigenvalue weighted by Gasteiger charge is -2.10. The van der Waals surface area contributed by atoms with E-state index in [1.165, 1.54) is 0 Å². The maximum Gasteiger partial charge on any atom is 0.436 e. The van der Waals surface area contributed by atoms with Crippen LogP contribution in [0.3, 0.4) is 0 Å². The van der Waals surface area contributed by atoms with E-state index in [9.17, 15) is 18.0 Å². The van der Waals surface area contributed by atoms with Crippen molar-refractivity contribution in [3.63, 3.8) is 0 Å². The zero-order valence-electron chi connectivity index (χ0n) is 8.35. The van der Waals surface area contributed by atoms with E-state index in [4.69, 9.17) is 23.2 Å². The zero-order chi connectivity index (χ0) is 13.2. The van der Waals surface area contributed by atoms with Crippen LogP contribution in [0.1, 0.15) is 5.69 Å². The first-order valence-electron chi connectivity index (χ1n) is 4.13. The van der Waals surface area contributed by atoms with Gasteiger partial charge in [-0.2, -0.15) is 13.2 Å². The SMILES string of the molecule is COc1sc(=O)n(CC=C(Cl)Cl)c1C(F)(F)F. The van der Waals surface area contributed by atoms with Crippen LogP contribution < -0.4 is 9.61 Å². The highest BCUT2D eigenvalue weighted by Crippen LogP contribution is 2.37. The van der Waals surface area contributed by atoms with Crippen LogP contribution in [0.15, 0.2) is 15.4 Å². The lowest BCUT2D eigenvalue weighted by atomic mass is 10.4. The molecule has 0 atom stereocenters. The summed E-state index contributed by atoms with van der Waals surface area (Å²) in [6.07, 6.45) is -3.59. The summed E-state index contributed by atoms with van der Waals surface area (Å²) < 4.78 is 43.0. The maximum absolute atomic E-state index is 12.7. The molecule has 0 saturated carbocycles. The molecular formula is C8H6Cl2F3NO2S. The number of thiazole rings is 1. The predicted octanol–water partition coefficient (Wildman–Crippen LogP) is 3.26. The Labute approximate surface area is 108 Å². The van der Waals surface area contributed by atoms with Crippen molar-refractivity contribution in [2.24, 2.45) is 0 Å². The van der Waals surface area contributed by atoms with Crippen LogP contribution in [-0.2, 0) is 12.7 Å². The second kappa shape index (κ2) is 5.32. The fraction of sp³-hybridized carbons (Fsp3) is 0.375. The van der Waals surface area contributed by atoms with E-state index in [1.807, 2.05) is 0 Å². The van der Waals surface area contributed by atoms with Crippen LogP contribution >= 0.6 is 34.5 Å². The molecule has 96 valence electrons. The monoisotopic (exact) mass is 307 g/mol. The van der Waals surface area contributed by atoms with Crippen molar-refractivity contribution in [2.75, 3.05) is 7.11 Å². The van der Waals surface area contributed by atoms with E-state index in [1.54, 1.807) is 0 Å². The normalized spacial score (nSPS) is 11.4. The standard InChI is InChI=1S/C8H6Cl2F3NO2S/c1-16-6-5(8(11,12)13)14(7(15)17-6)3-2-4(9)10/h2H,3H2,1H3. The average molecular weight is 308 g/mol. The van der Waals surface area contributed by atoms with Crippen LogP contribution in [0.2, 0.25) is 0 Å². The van der Waals surface area contributed by atoms with E-state index in [0.29, 0.717) is 15.9 Å². The first kappa shape index (κ1) is 14.4. The van der Waals surface area contributed by atoms with Gasteiger partial charge in [-0.25, -0.2) is 0 Å². The summed E-state index contributed by atoms with van der Waals surface area (Å²) in [6.45, 7) is -0.365. The van der Waals surface area contributed by atoms with Gasteiger partial charge in [0.25, 0.3) is 0 Å². The molecule has 17 heavy (non-hydrogen) atoms. The van der Waals surface area contributed by atoms with Gasteiger partial charge >= 0.3 is 11.0 Å². The van der Waals surface area contributed by atoms with Gasteiger partial charge in [0.1, 0.15) is 4.49 Å². The Bertz CT molecular complexity index is 488. The van der Waals surface area contributed by atoms with Crippen molar-refractivity contribution in [3.05, 3.63) is 25.9 Å². The van der Waals surface area contributed by atoms with Gasteiger partial charge in [-0.3, -0.25) is 9.36 Å². The number of alkyl halides is 3. The average Bonchev–Trinajstić information content (AvgIpc) is 2.51. The number of methoxy groups -OCH3 is 1. The number of nitrogens with zero attached hydrogens (tertiary/aromatic N) is 1. The van der Waals surface area contributed by atoms with Crippen LogP contribution in [0.25, 0.3) is 0 Å². The van der Waals surface area contributed by atoms with Crippen molar-refractivity contribution in [2.45, 2.75) is 12.7 Å². The third kappa shape index (κ3) is 3.40. The molecule has 9 heteroatoms. The molecule has 0 unspecified atom stereocenters. The quantitative estimate of drug-likeness (QED) is 0.858. The number of halogens is 5. The highest BCUT2D eigenvalue weighted by Gasteiger charge is 2.40. The van der Waals surface area contributed by atoms with Gasteiger partial charge in [-0.15, -0.1) is 0 Å². The van der Waals surface area contributed by atoms with Crippen LogP contribution in [0.5, 0.6) is 5.06 Å². The number of rotatable bonds is 3. The molecule has 1 aromatic rings. The summed E-state index contributed by atoms with van der Waals surface area (Å²) in [7, 11) is 1.06. The van der Waals surface area contributed by atoms with E-state index in [2.05, 4.69) is 4.74 Å². The van der Waals surface area contributed by atoms with Gasteiger partial charge in [-0.05, 0) is 17.4 Å². The highest BCUT2D eigenvalue weighted by atomic mass is 35.5. The molecule has 3 nitrogen and oxygen atoms in total. The number of hydrogen-bond donors (Lipinski definition) is 0. The Morgan fingerprint density at radius 2 is 2.12 bits per heavy atom. The largest absolute Gasteiger partial charge is 0.486 e. The molecule has 0 radical (unpaired) electrons. The van der Waals surface area contributed by atoms with E-state index in [-0.39, 0.29) is 11.0 Å². The Morgan fingerprint density at radius 1 is 1.53 bits per heavy atom. The zero-order valence-corrected chi connectivity index (χ0v) is 10.7. The smallest absolute Gasteiger partial charge is 0.436 e. The highest BCUT2D eigenvalue weighted by molar-refractivity contribution is 7.11. The third-order valence-corrected chi connectivity index (χ3v) is 2.99. The lowest BCUT2D eigenvalue weighted by Crippen LogP contribution is -2.21. The Balaban J connectivity index is 3.33. The van der Waals surface area contributed by atoms with Crippen molar-refractivity contribution in [1.29, 1.82) is 0 Å². The van der Waals surface area contributed by atoms with Crippen molar-refractivity contribution in [3.8, 4) is 5.06 Å². The molecule has 1 heterocycles. The molecule has 0 aromatic carbocycles. The molecule has 1 rings (SSSR count). The third-order valence-electron chi connectivity index (χ3n) is 1.75. The molecule has 0 amide bonds. The first-order valence-corrected chi connectivity index (χ1v) is 5.70. The summed E-state index contributed by atoms with van der Waals surface area (Å²) in [4.78, 5) is 10.6. The molecule has 0 fully saturated rings. The topological polar surface area (TPSA) is 31.2 Å². The van der Waals surface area contributed by atoms with Crippen LogP contribution in [0, 0.1) is 0 Å². The van der Waals surface area contributed by atoms with Gasteiger partial charge in [-0.1, -0.05) is 23.2 Å². The predicted molar refractivity (Wildman–Crippen MR) is 59.9 cm³/mol. The number of allylic oxidation sites excluding steroid dienone is 1. The van der Waals surface area contributed by atoms with Gasteiger partial charge in [0.05, 0.1) is 7.11 Å². The van der Waals surface area contributed by atoms with Crippen molar-refractivity contribution >= 4 is 34.5 Å². The molecular weight excluding hydrogens is 302 g/mol. The molecule has 0 aliphatic carbocycles. The van der Waals surface area contributed by atoms with E-state index < -0.39 is 21.8 Å². The second-order valence-electron chi connectivity index (χ2n) is 2.81. The molecule has 0 spiro atoms. The van der Waals surface area contributed by atoms with Crippen LogP contribution in [-0.4, -0.2) is 11.7 Å². The fourth-order valence-electron chi connectivity index (χ4n) is 1.12. The number of aromatic nitrogens is 1. The van der Waals surface area contributed by atoms with Gasteiger partial charge in [0, 0.05) is 6.54 Å². The summed E-state index contributed by atoms with van der Waals surface area (Å²) in [5.74, 6) is 0. The minimum atomic E-state index is -4.68. The number of hydrogen-bond acceptors (Lipinski definition) is 3. The maximum atomic E-state index is 12.7. The Morgan fingerprint density at radius 3 is 2.53 bits per heavy atom. The Hall–Kier alpha value is -0.660. The van der Waals surface area contributed by atoms with Gasteiger partial charge in [0.15, 0.2) is 5.69 Å². The molecule has 0 aliphatic rings. The number of ether oxygens (including phenoxy) is 1. The summed E-state index contributed by atoms with van der Waals surface area (Å²) in [5, 5.41) is -0.485. The fourth-order valence-corrected chi connectivity index (χ4v) is 2.10. The van der Waals surface area contributed by atoms with Gasteiger partial charge in [0.2, 0.25) is 5.06 Å². The van der Waals surface area contributed by atoms with E-state index in [0.717, 1.165) is 13.2 Å².